The number of hydrogen-bond acceptors (Lipinski definition) is 6. The lowest BCUT2D eigenvalue weighted by Crippen LogP contribution is -2.04. The summed E-state index contributed by atoms with van der Waals surface area (Å²) in [6.45, 7) is 5.20. The van der Waals surface area contributed by atoms with Gasteiger partial charge in [-0.15, -0.1) is 0 Å². The van der Waals surface area contributed by atoms with Gasteiger partial charge < -0.3 is 14.2 Å². The Morgan fingerprint density at radius 2 is 1.97 bits per heavy atom. The van der Waals surface area contributed by atoms with Crippen LogP contribution in [0.1, 0.15) is 31.7 Å². The number of aromatic nitrogens is 3. The van der Waals surface area contributed by atoms with Crippen LogP contribution < -0.4 is 14.2 Å². The fourth-order valence-electron chi connectivity index (χ4n) is 2.60. The number of ether oxygens (including phenoxy) is 3. The van der Waals surface area contributed by atoms with Crippen molar-refractivity contribution in [2.24, 2.45) is 5.10 Å². The van der Waals surface area contributed by atoms with E-state index in [2.05, 4.69) is 15.3 Å². The number of benzene rings is 2. The molecule has 0 bridgehead atoms. The maximum atomic E-state index is 6.41. The molecule has 30 heavy (non-hydrogen) atoms. The Morgan fingerprint density at radius 3 is 2.70 bits per heavy atom. The van der Waals surface area contributed by atoms with Crippen LogP contribution >= 0.6 is 23.8 Å². The van der Waals surface area contributed by atoms with Gasteiger partial charge in [0.05, 0.1) is 24.5 Å². The summed E-state index contributed by atoms with van der Waals surface area (Å²) >= 11 is 11.7. The number of nitrogens with zero attached hydrogens (tertiary/aromatic N) is 3. The molecule has 2 aromatic carbocycles. The highest BCUT2D eigenvalue weighted by Gasteiger charge is 2.12. The minimum Gasteiger partial charge on any atom is -0.490 e. The molecule has 0 saturated heterocycles. The van der Waals surface area contributed by atoms with E-state index in [9.17, 15) is 0 Å². The molecule has 1 aromatic heterocycles. The van der Waals surface area contributed by atoms with Crippen LogP contribution in [0.3, 0.4) is 0 Å². The van der Waals surface area contributed by atoms with E-state index in [1.54, 1.807) is 12.3 Å². The molecule has 0 amide bonds. The quantitative estimate of drug-likeness (QED) is 0.340. The number of halogens is 1. The summed E-state index contributed by atoms with van der Waals surface area (Å²) in [5.74, 6) is 2.38. The number of H-pyrrole nitrogens is 1. The van der Waals surface area contributed by atoms with Crippen LogP contribution in [-0.2, 0) is 6.61 Å². The lowest BCUT2D eigenvalue weighted by atomic mass is 10.2. The zero-order valence-corrected chi connectivity index (χ0v) is 18.4. The summed E-state index contributed by atoms with van der Waals surface area (Å²) in [4.78, 5) is 0. The third-order valence-electron chi connectivity index (χ3n) is 3.93. The Balaban J connectivity index is 1.81. The normalized spacial score (nSPS) is 11.0. The predicted octanol–water partition coefficient (Wildman–Crippen LogP) is 5.24. The molecule has 0 atom stereocenters. The van der Waals surface area contributed by atoms with Crippen molar-refractivity contribution in [3.8, 4) is 17.2 Å². The van der Waals surface area contributed by atoms with Crippen LogP contribution in [0.25, 0.3) is 0 Å². The lowest BCUT2D eigenvalue weighted by Gasteiger charge is -2.13. The van der Waals surface area contributed by atoms with Gasteiger partial charge in [0.25, 0.3) is 0 Å². The molecule has 0 aliphatic rings. The van der Waals surface area contributed by atoms with Gasteiger partial charge in [-0.2, -0.15) is 14.9 Å². The van der Waals surface area contributed by atoms with Gasteiger partial charge in [-0.1, -0.05) is 36.7 Å². The number of hydrogen-bond donors (Lipinski definition) is 1. The Kier molecular flexibility index (Phi) is 7.87. The smallest absolute Gasteiger partial charge is 0.216 e. The van der Waals surface area contributed by atoms with Gasteiger partial charge in [-0.25, -0.2) is 5.10 Å². The fraction of sp³-hybridized carbons (Fsp3) is 0.286. The highest BCUT2D eigenvalue weighted by atomic mass is 35.5. The molecule has 1 N–H and O–H groups in total. The first kappa shape index (κ1) is 21.9. The van der Waals surface area contributed by atoms with E-state index in [0.29, 0.717) is 40.3 Å². The number of aromatic amines is 1. The topological polar surface area (TPSA) is 73.7 Å². The van der Waals surface area contributed by atoms with Gasteiger partial charge in [0.15, 0.2) is 17.3 Å². The Morgan fingerprint density at radius 1 is 1.17 bits per heavy atom. The second-order valence-electron chi connectivity index (χ2n) is 6.21. The molecule has 9 heteroatoms. The minimum absolute atomic E-state index is 0.212. The summed E-state index contributed by atoms with van der Waals surface area (Å²) in [6.07, 6.45) is 2.51. The standard InChI is InChI=1S/C21H23ClN4O3S/c1-3-10-28-20-17(22)11-15(12-18(20)27-4-2)13-23-26-19(24-25-21(26)30)14-29-16-8-6-5-7-9-16/h5-9,11-13H,3-4,10,14H2,1-2H3,(H,25,30)/b23-13-. The van der Waals surface area contributed by atoms with Crippen molar-refractivity contribution >= 4 is 30.0 Å². The Bertz CT molecular complexity index is 1050. The molecule has 3 aromatic rings. The summed E-state index contributed by atoms with van der Waals surface area (Å²) in [5.41, 5.74) is 0.741. The average Bonchev–Trinajstić information content (AvgIpc) is 3.10. The highest BCUT2D eigenvalue weighted by molar-refractivity contribution is 7.71. The molecule has 0 spiro atoms. The molecular formula is C21H23ClN4O3S. The van der Waals surface area contributed by atoms with Crippen LogP contribution in [0.5, 0.6) is 17.2 Å². The van der Waals surface area contributed by atoms with Gasteiger partial charge in [0, 0.05) is 0 Å². The largest absolute Gasteiger partial charge is 0.490 e. The van der Waals surface area contributed by atoms with Crippen LogP contribution in [0.2, 0.25) is 5.02 Å². The van der Waals surface area contributed by atoms with Crippen molar-refractivity contribution in [1.82, 2.24) is 14.9 Å². The zero-order chi connectivity index (χ0) is 21.3. The van der Waals surface area contributed by atoms with Crippen LogP contribution in [0.4, 0.5) is 0 Å². The monoisotopic (exact) mass is 446 g/mol. The number of rotatable bonds is 10. The Labute approximate surface area is 185 Å². The molecule has 3 rings (SSSR count). The first-order valence-corrected chi connectivity index (χ1v) is 10.4. The van der Waals surface area contributed by atoms with E-state index in [-0.39, 0.29) is 6.61 Å². The predicted molar refractivity (Wildman–Crippen MR) is 120 cm³/mol. The van der Waals surface area contributed by atoms with Crippen molar-refractivity contribution in [2.75, 3.05) is 13.2 Å². The van der Waals surface area contributed by atoms with Crippen molar-refractivity contribution < 1.29 is 14.2 Å². The van der Waals surface area contributed by atoms with Crippen LogP contribution in [0, 0.1) is 4.77 Å². The van der Waals surface area contributed by atoms with Gasteiger partial charge in [-0.05, 0) is 55.4 Å². The first-order valence-electron chi connectivity index (χ1n) is 9.60. The first-order chi connectivity index (χ1) is 14.6. The molecule has 7 nitrogen and oxygen atoms in total. The summed E-state index contributed by atoms with van der Waals surface area (Å²) in [7, 11) is 0. The van der Waals surface area contributed by atoms with E-state index in [4.69, 9.17) is 38.0 Å². The van der Waals surface area contributed by atoms with Crippen molar-refractivity contribution in [3.05, 3.63) is 63.6 Å². The highest BCUT2D eigenvalue weighted by Crippen LogP contribution is 2.36. The van der Waals surface area contributed by atoms with Gasteiger partial charge in [0.1, 0.15) is 12.4 Å². The van der Waals surface area contributed by atoms with Gasteiger partial charge >= 0.3 is 0 Å². The number of nitrogens with one attached hydrogen (secondary N) is 1. The van der Waals surface area contributed by atoms with E-state index in [1.165, 1.54) is 4.68 Å². The van der Waals surface area contributed by atoms with E-state index < -0.39 is 0 Å². The molecule has 0 saturated carbocycles. The van der Waals surface area contributed by atoms with Crippen molar-refractivity contribution in [2.45, 2.75) is 26.9 Å². The second kappa shape index (κ2) is 10.8. The van der Waals surface area contributed by atoms with Gasteiger partial charge in [0.2, 0.25) is 4.77 Å². The van der Waals surface area contributed by atoms with Crippen molar-refractivity contribution in [1.29, 1.82) is 0 Å². The third kappa shape index (κ3) is 5.61. The SMILES string of the molecule is CCCOc1c(Cl)cc(/C=N\n2c(COc3ccccc3)n[nH]c2=S)cc1OCC. The molecular weight excluding hydrogens is 424 g/mol. The van der Waals surface area contributed by atoms with E-state index in [0.717, 1.165) is 17.7 Å². The Hall–Kier alpha value is -2.84. The van der Waals surface area contributed by atoms with E-state index in [1.807, 2.05) is 50.2 Å². The molecule has 0 radical (unpaired) electrons. The lowest BCUT2D eigenvalue weighted by molar-refractivity contribution is 0.277. The molecule has 0 aliphatic heterocycles. The third-order valence-corrected chi connectivity index (χ3v) is 4.48. The van der Waals surface area contributed by atoms with Crippen LogP contribution in [0.15, 0.2) is 47.6 Å². The molecule has 0 unspecified atom stereocenters. The number of para-hydroxylation sites is 1. The minimum atomic E-state index is 0.212. The summed E-state index contributed by atoms with van der Waals surface area (Å²) in [5, 5.41) is 11.8. The zero-order valence-electron chi connectivity index (χ0n) is 16.8. The van der Waals surface area contributed by atoms with E-state index >= 15 is 0 Å². The average molecular weight is 447 g/mol. The summed E-state index contributed by atoms with van der Waals surface area (Å²) < 4.78 is 19.0. The van der Waals surface area contributed by atoms with Gasteiger partial charge in [-0.3, -0.25) is 0 Å². The fourth-order valence-corrected chi connectivity index (χ4v) is 3.07. The van der Waals surface area contributed by atoms with Crippen molar-refractivity contribution in [3.63, 3.8) is 0 Å². The maximum absolute atomic E-state index is 6.41. The molecule has 0 aliphatic carbocycles. The molecule has 1 heterocycles. The molecule has 0 fully saturated rings. The molecule has 158 valence electrons. The maximum Gasteiger partial charge on any atom is 0.216 e. The second-order valence-corrected chi connectivity index (χ2v) is 7.01. The van der Waals surface area contributed by atoms with Crippen LogP contribution in [-0.4, -0.2) is 34.3 Å². The summed E-state index contributed by atoms with van der Waals surface area (Å²) in [6, 6.07) is 13.1.